The molecular formula is C2H5ClO2P+. The third-order valence-corrected chi connectivity index (χ3v) is 0.985. The van der Waals surface area contributed by atoms with E-state index in [1.807, 2.05) is 0 Å². The maximum Gasteiger partial charge on any atom is 0.506 e. The molecule has 6 heavy (non-hydrogen) atoms. The standard InChI is InChI=1S/C2H5ClO2P/c1-6(4)5-2-3/h2H2,1H3/q+1. The Morgan fingerprint density at radius 1 is 2.00 bits per heavy atom. The third kappa shape index (κ3) is 4.35. The summed E-state index contributed by atoms with van der Waals surface area (Å²) in [7, 11) is -1.48. The van der Waals surface area contributed by atoms with Crippen LogP contribution < -0.4 is 0 Å². The van der Waals surface area contributed by atoms with E-state index in [1.165, 1.54) is 6.66 Å². The van der Waals surface area contributed by atoms with E-state index in [9.17, 15) is 4.57 Å². The summed E-state index contributed by atoms with van der Waals surface area (Å²) in [4.78, 5) is 0. The van der Waals surface area contributed by atoms with Gasteiger partial charge < -0.3 is 0 Å². The van der Waals surface area contributed by atoms with Crippen molar-refractivity contribution in [3.8, 4) is 0 Å². The van der Waals surface area contributed by atoms with Crippen LogP contribution in [0, 0.1) is 0 Å². The SMILES string of the molecule is C[P+](=O)OCCl. The fourth-order valence-corrected chi connectivity index (χ4v) is 0.618. The van der Waals surface area contributed by atoms with E-state index in [0.717, 1.165) is 0 Å². The van der Waals surface area contributed by atoms with E-state index in [0.29, 0.717) is 0 Å². The molecule has 0 saturated heterocycles. The molecule has 0 saturated carbocycles. The van der Waals surface area contributed by atoms with Crippen molar-refractivity contribution in [2.24, 2.45) is 0 Å². The fraction of sp³-hybridized carbons (Fsp3) is 1.00. The Bertz CT molecular complexity index is 55.5. The van der Waals surface area contributed by atoms with Crippen molar-refractivity contribution in [3.63, 3.8) is 0 Å². The van der Waals surface area contributed by atoms with Gasteiger partial charge >= 0.3 is 8.03 Å². The van der Waals surface area contributed by atoms with Crippen molar-refractivity contribution in [2.75, 3.05) is 12.7 Å². The molecule has 0 radical (unpaired) electrons. The molecule has 1 atom stereocenters. The van der Waals surface area contributed by atoms with Crippen molar-refractivity contribution >= 4 is 19.6 Å². The summed E-state index contributed by atoms with van der Waals surface area (Å²) in [5.74, 6) is 0. The molecule has 0 bridgehead atoms. The topological polar surface area (TPSA) is 26.3 Å². The van der Waals surface area contributed by atoms with Crippen LogP contribution in [-0.2, 0) is 9.09 Å². The zero-order valence-electron chi connectivity index (χ0n) is 3.35. The fourth-order valence-electron chi connectivity index (χ4n) is 0.0687. The van der Waals surface area contributed by atoms with Gasteiger partial charge in [-0.15, -0.1) is 4.52 Å². The summed E-state index contributed by atoms with van der Waals surface area (Å²) in [6, 6.07) is 0.0195. The number of hydrogen-bond donors (Lipinski definition) is 0. The second kappa shape index (κ2) is 3.54. The maximum absolute atomic E-state index is 9.89. The molecule has 0 aliphatic carbocycles. The summed E-state index contributed by atoms with van der Waals surface area (Å²) in [5, 5.41) is 0. The van der Waals surface area contributed by atoms with Gasteiger partial charge in [-0.05, 0) is 4.57 Å². The Labute approximate surface area is 42.3 Å². The first-order valence-corrected chi connectivity index (χ1v) is 3.53. The molecule has 0 rings (SSSR count). The highest BCUT2D eigenvalue weighted by atomic mass is 35.5. The zero-order chi connectivity index (χ0) is 4.99. The normalized spacial score (nSPS) is 11.3. The zero-order valence-corrected chi connectivity index (χ0v) is 5.00. The minimum atomic E-state index is -1.48. The average Bonchev–Trinajstić information content (AvgIpc) is 1.35. The Morgan fingerprint density at radius 3 is 2.50 bits per heavy atom. The van der Waals surface area contributed by atoms with Gasteiger partial charge in [0.25, 0.3) is 0 Å². The van der Waals surface area contributed by atoms with Gasteiger partial charge in [0.15, 0.2) is 12.7 Å². The molecule has 0 aromatic heterocycles. The quantitative estimate of drug-likeness (QED) is 0.416. The van der Waals surface area contributed by atoms with E-state index in [1.54, 1.807) is 0 Å². The highest BCUT2D eigenvalue weighted by molar-refractivity contribution is 7.38. The average molecular weight is 127 g/mol. The highest BCUT2D eigenvalue weighted by Gasteiger charge is 2.01. The first-order valence-electron chi connectivity index (χ1n) is 1.37. The van der Waals surface area contributed by atoms with E-state index in [4.69, 9.17) is 11.6 Å². The van der Waals surface area contributed by atoms with Gasteiger partial charge in [-0.2, -0.15) is 0 Å². The molecule has 2 nitrogen and oxygen atoms in total. The summed E-state index contributed by atoms with van der Waals surface area (Å²) in [5.41, 5.74) is 0. The number of rotatable bonds is 2. The van der Waals surface area contributed by atoms with Crippen LogP contribution >= 0.6 is 19.6 Å². The first-order chi connectivity index (χ1) is 2.77. The number of halogens is 1. The van der Waals surface area contributed by atoms with Crippen LogP contribution in [0.3, 0.4) is 0 Å². The Kier molecular flexibility index (Phi) is 3.74. The van der Waals surface area contributed by atoms with Crippen LogP contribution in [0.5, 0.6) is 0 Å². The minimum Gasteiger partial charge on any atom is -0.130 e. The second-order valence-corrected chi connectivity index (χ2v) is 2.03. The Balaban J connectivity index is 2.83. The van der Waals surface area contributed by atoms with Crippen LogP contribution in [0.15, 0.2) is 0 Å². The number of hydrogen-bond acceptors (Lipinski definition) is 2. The molecule has 36 valence electrons. The van der Waals surface area contributed by atoms with E-state index < -0.39 is 8.03 Å². The predicted molar refractivity (Wildman–Crippen MR) is 25.3 cm³/mol. The maximum atomic E-state index is 9.89. The van der Waals surface area contributed by atoms with Gasteiger partial charge in [-0.1, -0.05) is 11.6 Å². The molecule has 0 heterocycles. The lowest BCUT2D eigenvalue weighted by Gasteiger charge is -1.68. The highest BCUT2D eigenvalue weighted by Crippen LogP contribution is 2.14. The second-order valence-electron chi connectivity index (χ2n) is 0.678. The molecule has 4 heteroatoms. The van der Waals surface area contributed by atoms with Crippen LogP contribution in [0.25, 0.3) is 0 Å². The van der Waals surface area contributed by atoms with E-state index in [-0.39, 0.29) is 6.07 Å². The van der Waals surface area contributed by atoms with Crippen molar-refractivity contribution in [1.82, 2.24) is 0 Å². The van der Waals surface area contributed by atoms with E-state index in [2.05, 4.69) is 4.52 Å². The monoisotopic (exact) mass is 127 g/mol. The molecule has 0 aliphatic heterocycles. The van der Waals surface area contributed by atoms with Gasteiger partial charge in [-0.25, -0.2) is 0 Å². The van der Waals surface area contributed by atoms with Crippen molar-refractivity contribution in [3.05, 3.63) is 0 Å². The Hall–Kier alpha value is 0.350. The van der Waals surface area contributed by atoms with Crippen molar-refractivity contribution in [1.29, 1.82) is 0 Å². The van der Waals surface area contributed by atoms with Crippen LogP contribution in [0.4, 0.5) is 0 Å². The van der Waals surface area contributed by atoms with E-state index >= 15 is 0 Å². The molecule has 0 aromatic rings. The van der Waals surface area contributed by atoms with Gasteiger partial charge in [0.1, 0.15) is 0 Å². The first kappa shape index (κ1) is 6.35. The number of alkyl halides is 1. The van der Waals surface area contributed by atoms with Gasteiger partial charge in [0.2, 0.25) is 0 Å². The molecule has 0 N–H and O–H groups in total. The van der Waals surface area contributed by atoms with Gasteiger partial charge in [-0.3, -0.25) is 0 Å². The van der Waals surface area contributed by atoms with Crippen LogP contribution in [-0.4, -0.2) is 12.7 Å². The summed E-state index contributed by atoms with van der Waals surface area (Å²) >= 11 is 4.99. The minimum absolute atomic E-state index is 0.0195. The lowest BCUT2D eigenvalue weighted by molar-refractivity contribution is 0.397. The smallest absolute Gasteiger partial charge is 0.130 e. The third-order valence-electron chi connectivity index (χ3n) is 0.231. The van der Waals surface area contributed by atoms with Crippen LogP contribution in [0.1, 0.15) is 0 Å². The predicted octanol–water partition coefficient (Wildman–Crippen LogP) is 1.57. The summed E-state index contributed by atoms with van der Waals surface area (Å²) < 4.78 is 14.2. The van der Waals surface area contributed by atoms with Gasteiger partial charge in [0.05, 0.1) is 0 Å². The molecule has 1 unspecified atom stereocenters. The largest absolute Gasteiger partial charge is 0.506 e. The molecule has 0 aromatic carbocycles. The van der Waals surface area contributed by atoms with Crippen LogP contribution in [0.2, 0.25) is 0 Å². The summed E-state index contributed by atoms with van der Waals surface area (Å²) in [6.07, 6.45) is 0. The molecule has 0 aliphatic rings. The van der Waals surface area contributed by atoms with Gasteiger partial charge in [0, 0.05) is 0 Å². The molecule has 0 amide bonds. The molecule has 0 fully saturated rings. The summed E-state index contributed by atoms with van der Waals surface area (Å²) in [6.45, 7) is 1.46. The molecule has 0 spiro atoms. The van der Waals surface area contributed by atoms with Crippen molar-refractivity contribution < 1.29 is 9.09 Å². The Morgan fingerprint density at radius 2 is 2.50 bits per heavy atom. The lowest BCUT2D eigenvalue weighted by atomic mass is 11.7. The molecular weight excluding hydrogens is 122 g/mol. The van der Waals surface area contributed by atoms with Crippen molar-refractivity contribution in [2.45, 2.75) is 0 Å². The lowest BCUT2D eigenvalue weighted by Crippen LogP contribution is -1.67.